The Labute approximate surface area is 204 Å². The summed E-state index contributed by atoms with van der Waals surface area (Å²) in [7, 11) is 0. The van der Waals surface area contributed by atoms with Gasteiger partial charge in [0.2, 0.25) is 0 Å². The van der Waals surface area contributed by atoms with E-state index in [9.17, 15) is 19.4 Å². The maximum atomic E-state index is 13.6. The van der Waals surface area contributed by atoms with Crippen molar-refractivity contribution in [2.75, 3.05) is 5.32 Å². The molecule has 2 unspecified atom stereocenters. The van der Waals surface area contributed by atoms with Gasteiger partial charge >= 0.3 is 0 Å². The second kappa shape index (κ2) is 11.6. The molecule has 8 heteroatoms. The van der Waals surface area contributed by atoms with Crippen LogP contribution in [0.15, 0.2) is 48.5 Å². The van der Waals surface area contributed by atoms with Gasteiger partial charge in [0, 0.05) is 22.7 Å². The summed E-state index contributed by atoms with van der Waals surface area (Å²) in [5.74, 6) is 0.308. The van der Waals surface area contributed by atoms with Gasteiger partial charge in [-0.15, -0.1) is 0 Å². The van der Waals surface area contributed by atoms with Crippen LogP contribution in [0, 0.1) is 5.82 Å². The number of nitrogens with zero attached hydrogens (tertiary/aromatic N) is 2. The molecule has 2 aromatic carbocycles. The molecular weight excluding hydrogens is 457 g/mol. The molecule has 182 valence electrons. The van der Waals surface area contributed by atoms with E-state index in [0.717, 1.165) is 5.69 Å². The summed E-state index contributed by atoms with van der Waals surface area (Å²) in [6.07, 6.45) is 0.0000186. The highest BCUT2D eigenvalue weighted by atomic mass is 35.5. The number of anilines is 1. The Morgan fingerprint density at radius 1 is 1.09 bits per heavy atom. The first-order valence-electron chi connectivity index (χ1n) is 11.5. The van der Waals surface area contributed by atoms with E-state index in [2.05, 4.69) is 5.32 Å². The average Bonchev–Trinajstić information content (AvgIpc) is 3.16. The summed E-state index contributed by atoms with van der Waals surface area (Å²) in [6, 6.07) is 12.6. The fraction of sp³-hybridized carbons (Fsp3) is 0.385. The fourth-order valence-corrected chi connectivity index (χ4v) is 3.97. The standard InChI is InChI=1S/C26H31ClFN3O3/c1-4-21(32)15-22(33)13-14-31-23(16(2)3)24(29-25(31)17-7-11-20(28)12-8-17)30-26(34)18-5-9-19(27)10-6-18/h5-12,16,21-22,32-33H,4,13-15H2,1-3H3,(H,30,34). The van der Waals surface area contributed by atoms with Crippen molar-refractivity contribution in [2.45, 2.75) is 64.7 Å². The van der Waals surface area contributed by atoms with Crippen molar-refractivity contribution in [3.8, 4) is 11.4 Å². The number of benzene rings is 2. The smallest absolute Gasteiger partial charge is 0.256 e. The normalized spacial score (nSPS) is 13.2. The lowest BCUT2D eigenvalue weighted by molar-refractivity contribution is 0.0711. The van der Waals surface area contributed by atoms with Gasteiger partial charge in [-0.2, -0.15) is 0 Å². The van der Waals surface area contributed by atoms with Crippen molar-refractivity contribution < 1.29 is 19.4 Å². The van der Waals surface area contributed by atoms with Crippen molar-refractivity contribution in [1.29, 1.82) is 0 Å². The summed E-state index contributed by atoms with van der Waals surface area (Å²) in [6.45, 7) is 6.28. The maximum Gasteiger partial charge on any atom is 0.256 e. The quantitative estimate of drug-likeness (QED) is 0.346. The minimum absolute atomic E-state index is 0.000547. The summed E-state index contributed by atoms with van der Waals surface area (Å²) < 4.78 is 15.5. The van der Waals surface area contributed by atoms with Gasteiger partial charge in [0.15, 0.2) is 5.82 Å². The van der Waals surface area contributed by atoms with Gasteiger partial charge in [0.25, 0.3) is 5.91 Å². The number of imidazole rings is 1. The number of hydrogen-bond donors (Lipinski definition) is 3. The average molecular weight is 488 g/mol. The Morgan fingerprint density at radius 3 is 2.32 bits per heavy atom. The highest BCUT2D eigenvalue weighted by Crippen LogP contribution is 2.32. The number of halogens is 2. The van der Waals surface area contributed by atoms with Crippen molar-refractivity contribution in [3.05, 3.63) is 70.6 Å². The van der Waals surface area contributed by atoms with Crippen LogP contribution >= 0.6 is 11.6 Å². The van der Waals surface area contributed by atoms with Gasteiger partial charge in [0.1, 0.15) is 11.6 Å². The van der Waals surface area contributed by atoms with Gasteiger partial charge in [-0.25, -0.2) is 9.37 Å². The molecule has 6 nitrogen and oxygen atoms in total. The van der Waals surface area contributed by atoms with Crippen LogP contribution in [0.5, 0.6) is 0 Å². The van der Waals surface area contributed by atoms with Gasteiger partial charge in [-0.3, -0.25) is 4.79 Å². The highest BCUT2D eigenvalue weighted by Gasteiger charge is 2.23. The molecule has 0 aliphatic carbocycles. The number of amides is 1. The highest BCUT2D eigenvalue weighted by molar-refractivity contribution is 6.30. The van der Waals surface area contributed by atoms with E-state index in [1.54, 1.807) is 36.4 Å². The van der Waals surface area contributed by atoms with E-state index >= 15 is 0 Å². The number of hydrogen-bond acceptors (Lipinski definition) is 4. The lowest BCUT2D eigenvalue weighted by Gasteiger charge is -2.19. The summed E-state index contributed by atoms with van der Waals surface area (Å²) in [5, 5.41) is 23.8. The van der Waals surface area contributed by atoms with Crippen LogP contribution in [0.1, 0.15) is 62.0 Å². The van der Waals surface area contributed by atoms with E-state index in [4.69, 9.17) is 16.6 Å². The van der Waals surface area contributed by atoms with Crippen LogP contribution in [-0.2, 0) is 6.54 Å². The van der Waals surface area contributed by atoms with Crippen molar-refractivity contribution in [3.63, 3.8) is 0 Å². The lowest BCUT2D eigenvalue weighted by atomic mass is 10.1. The Balaban J connectivity index is 1.98. The first-order chi connectivity index (χ1) is 16.2. The van der Waals surface area contributed by atoms with E-state index in [-0.39, 0.29) is 24.1 Å². The fourth-order valence-electron chi connectivity index (χ4n) is 3.85. The topological polar surface area (TPSA) is 87.4 Å². The summed E-state index contributed by atoms with van der Waals surface area (Å²) in [5.41, 5.74) is 1.93. The van der Waals surface area contributed by atoms with Gasteiger partial charge in [0.05, 0.1) is 17.9 Å². The predicted octanol–water partition coefficient (Wildman–Crippen LogP) is 5.63. The molecule has 1 amide bonds. The van der Waals surface area contributed by atoms with Crippen LogP contribution < -0.4 is 5.32 Å². The van der Waals surface area contributed by atoms with Crippen LogP contribution in [0.4, 0.5) is 10.2 Å². The van der Waals surface area contributed by atoms with Crippen molar-refractivity contribution in [1.82, 2.24) is 9.55 Å². The SMILES string of the molecule is CCC(O)CC(O)CCn1c(-c2ccc(F)cc2)nc(NC(=O)c2ccc(Cl)cc2)c1C(C)C. The molecule has 34 heavy (non-hydrogen) atoms. The second-order valence-electron chi connectivity index (χ2n) is 8.68. The molecular formula is C26H31ClFN3O3. The van der Waals surface area contributed by atoms with Crippen LogP contribution in [0.25, 0.3) is 11.4 Å². The van der Waals surface area contributed by atoms with E-state index in [1.807, 2.05) is 25.3 Å². The predicted molar refractivity (Wildman–Crippen MR) is 133 cm³/mol. The van der Waals surface area contributed by atoms with Crippen LogP contribution in [0.3, 0.4) is 0 Å². The van der Waals surface area contributed by atoms with E-state index < -0.39 is 12.2 Å². The van der Waals surface area contributed by atoms with Gasteiger partial charge in [-0.05, 0) is 73.7 Å². The number of nitrogens with one attached hydrogen (secondary N) is 1. The monoisotopic (exact) mass is 487 g/mol. The lowest BCUT2D eigenvalue weighted by Crippen LogP contribution is -2.20. The number of rotatable bonds is 10. The number of aliphatic hydroxyl groups is 2. The zero-order valence-electron chi connectivity index (χ0n) is 19.6. The molecule has 0 fully saturated rings. The van der Waals surface area contributed by atoms with Crippen LogP contribution in [-0.4, -0.2) is 37.9 Å². The zero-order chi connectivity index (χ0) is 24.8. The molecule has 2 atom stereocenters. The third-order valence-corrected chi connectivity index (χ3v) is 5.95. The molecule has 0 bridgehead atoms. The Bertz CT molecular complexity index is 1100. The molecule has 3 rings (SSSR count). The Hall–Kier alpha value is -2.74. The minimum atomic E-state index is -0.689. The third-order valence-electron chi connectivity index (χ3n) is 5.70. The Kier molecular flexibility index (Phi) is 8.83. The Morgan fingerprint density at radius 2 is 1.74 bits per heavy atom. The van der Waals surface area contributed by atoms with Crippen molar-refractivity contribution >= 4 is 23.3 Å². The summed E-state index contributed by atoms with van der Waals surface area (Å²) >= 11 is 5.94. The molecule has 0 spiro atoms. The van der Waals surface area contributed by atoms with Gasteiger partial charge in [-0.1, -0.05) is 32.4 Å². The minimum Gasteiger partial charge on any atom is -0.393 e. The molecule has 0 saturated carbocycles. The van der Waals surface area contributed by atoms with Crippen molar-refractivity contribution in [2.24, 2.45) is 0 Å². The van der Waals surface area contributed by atoms with E-state index in [0.29, 0.717) is 47.2 Å². The second-order valence-corrected chi connectivity index (χ2v) is 9.12. The molecule has 3 N–H and O–H groups in total. The molecule has 0 saturated heterocycles. The molecule has 0 aliphatic rings. The number of aromatic nitrogens is 2. The first-order valence-corrected chi connectivity index (χ1v) is 11.9. The summed E-state index contributed by atoms with van der Waals surface area (Å²) in [4.78, 5) is 17.6. The zero-order valence-corrected chi connectivity index (χ0v) is 20.4. The molecule has 0 radical (unpaired) electrons. The molecule has 3 aromatic rings. The molecule has 0 aliphatic heterocycles. The number of carbonyl (C=O) groups excluding carboxylic acids is 1. The number of carbonyl (C=O) groups is 1. The third kappa shape index (κ3) is 6.44. The van der Waals surface area contributed by atoms with Gasteiger partial charge < -0.3 is 20.1 Å². The van der Waals surface area contributed by atoms with Crippen LogP contribution in [0.2, 0.25) is 5.02 Å². The molecule has 1 heterocycles. The maximum absolute atomic E-state index is 13.6. The number of aliphatic hydroxyl groups excluding tert-OH is 2. The van der Waals surface area contributed by atoms with E-state index in [1.165, 1.54) is 12.1 Å². The largest absolute Gasteiger partial charge is 0.393 e. The molecule has 1 aromatic heterocycles. The first kappa shape index (κ1) is 25.9.